The van der Waals surface area contributed by atoms with Gasteiger partial charge in [-0.05, 0) is 69.2 Å². The van der Waals surface area contributed by atoms with Gasteiger partial charge in [0.15, 0.2) is 16.3 Å². The third-order valence-corrected chi connectivity index (χ3v) is 6.79. The minimum atomic E-state index is -0.693. The first-order valence-electron chi connectivity index (χ1n) is 11.5. The van der Waals surface area contributed by atoms with Gasteiger partial charge < -0.3 is 14.2 Å². The smallest absolute Gasteiger partial charge is 0.338 e. The number of rotatable bonds is 7. The molecule has 3 aromatic rings. The van der Waals surface area contributed by atoms with Crippen molar-refractivity contribution in [3.8, 4) is 11.5 Å². The number of nitrogens with zero attached hydrogens (tertiary/aromatic N) is 2. The van der Waals surface area contributed by atoms with E-state index in [1.54, 1.807) is 50.7 Å². The molecule has 0 fully saturated rings. The number of hydrogen-bond donors (Lipinski definition) is 0. The van der Waals surface area contributed by atoms with Gasteiger partial charge in [0.25, 0.3) is 5.56 Å². The van der Waals surface area contributed by atoms with Crippen LogP contribution in [0.2, 0.25) is 5.02 Å². The Morgan fingerprint density at radius 2 is 1.92 bits per heavy atom. The monoisotopic (exact) mass is 526 g/mol. The molecule has 2 heterocycles. The summed E-state index contributed by atoms with van der Waals surface area (Å²) in [7, 11) is 1.57. The normalized spacial score (nSPS) is 15.5. The quantitative estimate of drug-likeness (QED) is 0.430. The van der Waals surface area contributed by atoms with Crippen molar-refractivity contribution in [3.63, 3.8) is 0 Å². The van der Waals surface area contributed by atoms with Crippen molar-refractivity contribution in [2.24, 2.45) is 4.99 Å². The summed E-state index contributed by atoms with van der Waals surface area (Å²) < 4.78 is 18.6. The molecule has 0 aliphatic carbocycles. The van der Waals surface area contributed by atoms with Crippen molar-refractivity contribution in [2.45, 2.75) is 39.8 Å². The van der Waals surface area contributed by atoms with E-state index in [4.69, 9.17) is 25.8 Å². The lowest BCUT2D eigenvalue weighted by atomic mass is 9.96. The molecule has 7 nitrogen and oxygen atoms in total. The van der Waals surface area contributed by atoms with Crippen LogP contribution >= 0.6 is 22.9 Å². The van der Waals surface area contributed by atoms with Gasteiger partial charge in [-0.15, -0.1) is 0 Å². The highest BCUT2D eigenvalue weighted by atomic mass is 35.5. The minimum absolute atomic E-state index is 0.256. The van der Waals surface area contributed by atoms with E-state index >= 15 is 0 Å². The molecule has 1 aliphatic heterocycles. The van der Waals surface area contributed by atoms with Crippen molar-refractivity contribution < 1.29 is 19.0 Å². The lowest BCUT2D eigenvalue weighted by Crippen LogP contribution is -2.40. The molecule has 1 aromatic heterocycles. The average Bonchev–Trinajstić information content (AvgIpc) is 3.13. The second kappa shape index (κ2) is 10.7. The largest absolute Gasteiger partial charge is 0.493 e. The van der Waals surface area contributed by atoms with E-state index in [9.17, 15) is 9.59 Å². The number of thiazole rings is 1. The van der Waals surface area contributed by atoms with E-state index in [-0.39, 0.29) is 11.7 Å². The number of carbonyl (C=O) groups excluding carboxylic acids is 1. The topological polar surface area (TPSA) is 79.1 Å². The van der Waals surface area contributed by atoms with E-state index in [2.05, 4.69) is 4.99 Å². The Balaban J connectivity index is 1.89. The molecule has 0 radical (unpaired) electrons. The number of hydrogen-bond acceptors (Lipinski definition) is 7. The number of aromatic nitrogens is 1. The van der Waals surface area contributed by atoms with Crippen LogP contribution in [0.15, 0.2) is 63.5 Å². The fourth-order valence-corrected chi connectivity index (χ4v) is 5.19. The van der Waals surface area contributed by atoms with Gasteiger partial charge in [-0.1, -0.05) is 41.1 Å². The zero-order valence-corrected chi connectivity index (χ0v) is 22.3. The number of benzene rings is 2. The Hall–Kier alpha value is -3.36. The highest BCUT2D eigenvalue weighted by molar-refractivity contribution is 7.07. The van der Waals surface area contributed by atoms with Crippen LogP contribution in [0.3, 0.4) is 0 Å². The molecule has 0 spiro atoms. The molecular weight excluding hydrogens is 500 g/mol. The van der Waals surface area contributed by atoms with E-state index in [0.717, 1.165) is 11.1 Å². The summed E-state index contributed by atoms with van der Waals surface area (Å²) in [5.74, 6) is 0.703. The van der Waals surface area contributed by atoms with Crippen LogP contribution in [0, 0.1) is 0 Å². The van der Waals surface area contributed by atoms with Gasteiger partial charge in [-0.2, -0.15) is 0 Å². The molecule has 1 atom stereocenters. The van der Waals surface area contributed by atoms with Crippen LogP contribution in [0.5, 0.6) is 11.5 Å². The van der Waals surface area contributed by atoms with Crippen LogP contribution in [-0.2, 0) is 9.53 Å². The highest BCUT2D eigenvalue weighted by Crippen LogP contribution is 2.32. The number of methoxy groups -OCH3 is 1. The van der Waals surface area contributed by atoms with Crippen LogP contribution in [0.4, 0.5) is 0 Å². The Bertz CT molecular complexity index is 1500. The predicted molar refractivity (Wildman–Crippen MR) is 141 cm³/mol. The van der Waals surface area contributed by atoms with E-state index in [1.807, 2.05) is 37.3 Å². The Morgan fingerprint density at radius 1 is 1.19 bits per heavy atom. The molecule has 36 heavy (non-hydrogen) atoms. The molecule has 9 heteroatoms. The average molecular weight is 527 g/mol. The fourth-order valence-electron chi connectivity index (χ4n) is 4.02. The van der Waals surface area contributed by atoms with E-state index in [1.165, 1.54) is 11.3 Å². The minimum Gasteiger partial charge on any atom is -0.493 e. The predicted octanol–water partition coefficient (Wildman–Crippen LogP) is 4.25. The third-order valence-electron chi connectivity index (χ3n) is 5.56. The van der Waals surface area contributed by atoms with Gasteiger partial charge in [-0.3, -0.25) is 9.36 Å². The Kier molecular flexibility index (Phi) is 7.66. The maximum Gasteiger partial charge on any atom is 0.338 e. The van der Waals surface area contributed by atoms with Crippen molar-refractivity contribution in [2.75, 3.05) is 13.7 Å². The highest BCUT2D eigenvalue weighted by Gasteiger charge is 2.33. The molecule has 1 aliphatic rings. The summed E-state index contributed by atoms with van der Waals surface area (Å²) in [6.45, 7) is 7.74. The van der Waals surface area contributed by atoms with Crippen LogP contribution in [0.25, 0.3) is 6.08 Å². The number of halogens is 1. The van der Waals surface area contributed by atoms with Crippen LogP contribution in [-0.4, -0.2) is 30.4 Å². The second-order valence-corrected chi connectivity index (χ2v) is 9.88. The summed E-state index contributed by atoms with van der Waals surface area (Å²) in [5, 5.41) is 0.558. The summed E-state index contributed by atoms with van der Waals surface area (Å²) in [6.07, 6.45) is 1.47. The first-order valence-corrected chi connectivity index (χ1v) is 12.7. The van der Waals surface area contributed by atoms with Crippen LogP contribution < -0.4 is 24.4 Å². The van der Waals surface area contributed by atoms with Crippen molar-refractivity contribution >= 4 is 35.0 Å². The van der Waals surface area contributed by atoms with Gasteiger partial charge in [0, 0.05) is 5.02 Å². The first kappa shape index (κ1) is 25.7. The number of fused-ring (bicyclic) bond motifs is 1. The zero-order valence-electron chi connectivity index (χ0n) is 20.7. The molecule has 2 aromatic carbocycles. The summed E-state index contributed by atoms with van der Waals surface area (Å²) in [6, 6.07) is 11.9. The Labute approximate surface area is 217 Å². The fraction of sp³-hybridized carbons (Fsp3) is 0.296. The molecule has 0 amide bonds. The van der Waals surface area contributed by atoms with Gasteiger partial charge in [-0.25, -0.2) is 9.79 Å². The summed E-state index contributed by atoms with van der Waals surface area (Å²) >= 11 is 7.38. The second-order valence-electron chi connectivity index (χ2n) is 8.43. The Morgan fingerprint density at radius 3 is 2.56 bits per heavy atom. The number of carbonyl (C=O) groups is 1. The molecule has 0 saturated carbocycles. The van der Waals surface area contributed by atoms with Crippen molar-refractivity contribution in [1.29, 1.82) is 0 Å². The summed E-state index contributed by atoms with van der Waals surface area (Å²) in [4.78, 5) is 32.0. The van der Waals surface area contributed by atoms with Crippen molar-refractivity contribution in [1.82, 2.24) is 4.57 Å². The molecule has 1 unspecified atom stereocenters. The third kappa shape index (κ3) is 5.10. The molecule has 0 saturated heterocycles. The van der Waals surface area contributed by atoms with Gasteiger partial charge in [0.05, 0.1) is 41.7 Å². The number of ether oxygens (including phenoxy) is 3. The maximum atomic E-state index is 13.7. The number of esters is 1. The summed E-state index contributed by atoms with van der Waals surface area (Å²) in [5.41, 5.74) is 2.09. The number of allylic oxidation sites excluding steroid dienone is 1. The first-order chi connectivity index (χ1) is 17.2. The molecule has 188 valence electrons. The van der Waals surface area contributed by atoms with Gasteiger partial charge in [0.2, 0.25) is 0 Å². The van der Waals surface area contributed by atoms with Gasteiger partial charge in [0.1, 0.15) is 0 Å². The zero-order chi connectivity index (χ0) is 26.0. The van der Waals surface area contributed by atoms with Crippen LogP contribution in [0.1, 0.15) is 44.9 Å². The standard InChI is InChI=1S/C27H27ClN2O5S/c1-6-34-20-12-7-17(13-21(20)33-5)14-22-25(31)30-24(18-8-10-19(28)11-9-18)23(26(32)35-15(2)3)16(4)29-27(30)36-22/h7-15,24H,6H2,1-5H3. The lowest BCUT2D eigenvalue weighted by molar-refractivity contribution is -0.143. The maximum absolute atomic E-state index is 13.7. The van der Waals surface area contributed by atoms with Gasteiger partial charge >= 0.3 is 5.97 Å². The van der Waals surface area contributed by atoms with E-state index in [0.29, 0.717) is 43.7 Å². The molecule has 4 rings (SSSR count). The van der Waals surface area contributed by atoms with Crippen molar-refractivity contribution in [3.05, 3.63) is 89.6 Å². The SMILES string of the molecule is CCOc1ccc(C=c2sc3n(c2=O)C(c2ccc(Cl)cc2)C(C(=O)OC(C)C)=C(C)N=3)cc1OC. The molecular formula is C27H27ClN2O5S. The molecule has 0 bridgehead atoms. The van der Waals surface area contributed by atoms with E-state index < -0.39 is 12.0 Å². The molecule has 0 N–H and O–H groups in total. The lowest BCUT2D eigenvalue weighted by Gasteiger charge is -2.25.